The summed E-state index contributed by atoms with van der Waals surface area (Å²) in [4.78, 5) is 12.4. The van der Waals surface area contributed by atoms with Crippen molar-refractivity contribution in [1.29, 1.82) is 0 Å². The Bertz CT molecular complexity index is 689. The van der Waals surface area contributed by atoms with Gasteiger partial charge in [-0.2, -0.15) is 0 Å². The highest BCUT2D eigenvalue weighted by molar-refractivity contribution is 6.06. The second kappa shape index (κ2) is 8.56. The molecule has 2 N–H and O–H groups in total. The van der Waals surface area contributed by atoms with Gasteiger partial charge < -0.3 is 15.4 Å². The van der Waals surface area contributed by atoms with Crippen LogP contribution in [0.25, 0.3) is 0 Å². The molecular weight excluding hydrogens is 312 g/mol. The molecule has 0 unspecified atom stereocenters. The van der Waals surface area contributed by atoms with Crippen LogP contribution in [0.4, 0.5) is 11.4 Å². The summed E-state index contributed by atoms with van der Waals surface area (Å²) in [6, 6.07) is 15.7. The van der Waals surface area contributed by atoms with Gasteiger partial charge in [0.15, 0.2) is 0 Å². The molecule has 3 rings (SSSR count). The van der Waals surface area contributed by atoms with E-state index in [0.29, 0.717) is 17.4 Å². The van der Waals surface area contributed by atoms with Gasteiger partial charge in [-0.3, -0.25) is 4.79 Å². The van der Waals surface area contributed by atoms with Crippen molar-refractivity contribution in [3.05, 3.63) is 54.1 Å². The van der Waals surface area contributed by atoms with Crippen LogP contribution in [-0.4, -0.2) is 19.1 Å². The van der Waals surface area contributed by atoms with Gasteiger partial charge in [0.2, 0.25) is 0 Å². The lowest BCUT2D eigenvalue weighted by Crippen LogP contribution is -2.18. The maximum Gasteiger partial charge on any atom is 0.259 e. The Morgan fingerprint density at radius 3 is 2.24 bits per heavy atom. The Morgan fingerprint density at radius 2 is 1.56 bits per heavy atom. The number of hydrogen-bond donors (Lipinski definition) is 2. The van der Waals surface area contributed by atoms with Crippen LogP contribution in [0.5, 0.6) is 5.75 Å². The van der Waals surface area contributed by atoms with Crippen molar-refractivity contribution in [3.8, 4) is 5.75 Å². The Balaban J connectivity index is 1.61. The van der Waals surface area contributed by atoms with E-state index in [2.05, 4.69) is 10.6 Å². The van der Waals surface area contributed by atoms with Crippen LogP contribution in [0.2, 0.25) is 0 Å². The van der Waals surface area contributed by atoms with Gasteiger partial charge in [0, 0.05) is 17.4 Å². The minimum Gasteiger partial charge on any atom is -0.496 e. The highest BCUT2D eigenvalue weighted by Crippen LogP contribution is 2.23. The van der Waals surface area contributed by atoms with Crippen LogP contribution >= 0.6 is 0 Å². The summed E-state index contributed by atoms with van der Waals surface area (Å²) in [5.74, 6) is 0.411. The molecule has 0 bridgehead atoms. The molecule has 1 aliphatic rings. The van der Waals surface area contributed by atoms with Gasteiger partial charge in [-0.1, -0.05) is 37.8 Å². The number of nitrogens with one attached hydrogen (secondary N) is 2. The third kappa shape index (κ3) is 4.75. The van der Waals surface area contributed by atoms with Crippen molar-refractivity contribution in [1.82, 2.24) is 0 Å². The molecule has 4 nitrogen and oxygen atoms in total. The number of amides is 1. The topological polar surface area (TPSA) is 50.4 Å². The fourth-order valence-electron chi connectivity index (χ4n) is 3.34. The summed E-state index contributed by atoms with van der Waals surface area (Å²) in [5, 5.41) is 6.55. The fourth-order valence-corrected chi connectivity index (χ4v) is 3.34. The van der Waals surface area contributed by atoms with Crippen molar-refractivity contribution < 1.29 is 9.53 Å². The smallest absolute Gasteiger partial charge is 0.259 e. The van der Waals surface area contributed by atoms with Gasteiger partial charge >= 0.3 is 0 Å². The van der Waals surface area contributed by atoms with Crippen LogP contribution < -0.4 is 15.4 Å². The first kappa shape index (κ1) is 17.3. The molecule has 1 aliphatic carbocycles. The third-order valence-electron chi connectivity index (χ3n) is 4.72. The van der Waals surface area contributed by atoms with Gasteiger partial charge in [-0.25, -0.2) is 0 Å². The SMILES string of the molecule is COc1ccccc1C(=O)Nc1ccc(NC2CCCCCC2)cc1. The zero-order valence-corrected chi connectivity index (χ0v) is 14.8. The molecule has 0 atom stereocenters. The first-order valence-electron chi connectivity index (χ1n) is 9.07. The Hall–Kier alpha value is -2.49. The molecule has 0 aliphatic heterocycles. The lowest BCUT2D eigenvalue weighted by Gasteiger charge is -2.18. The van der Waals surface area contributed by atoms with Crippen LogP contribution in [0.1, 0.15) is 48.9 Å². The number of para-hydroxylation sites is 1. The van der Waals surface area contributed by atoms with E-state index in [1.165, 1.54) is 38.5 Å². The maximum atomic E-state index is 12.4. The highest BCUT2D eigenvalue weighted by Gasteiger charge is 2.13. The van der Waals surface area contributed by atoms with E-state index in [1.54, 1.807) is 19.2 Å². The molecule has 0 spiro atoms. The summed E-state index contributed by atoms with van der Waals surface area (Å²) >= 11 is 0. The predicted octanol–water partition coefficient (Wildman–Crippen LogP) is 5.08. The van der Waals surface area contributed by atoms with Crippen LogP contribution in [0.3, 0.4) is 0 Å². The number of carbonyl (C=O) groups is 1. The molecule has 0 radical (unpaired) electrons. The molecule has 25 heavy (non-hydrogen) atoms. The zero-order chi connectivity index (χ0) is 17.5. The summed E-state index contributed by atoms with van der Waals surface area (Å²) in [6.07, 6.45) is 7.81. The summed E-state index contributed by atoms with van der Waals surface area (Å²) < 4.78 is 5.25. The number of hydrogen-bond acceptors (Lipinski definition) is 3. The van der Waals surface area contributed by atoms with E-state index >= 15 is 0 Å². The molecule has 1 fully saturated rings. The van der Waals surface area contributed by atoms with Crippen LogP contribution in [0.15, 0.2) is 48.5 Å². The molecule has 1 saturated carbocycles. The number of carbonyl (C=O) groups excluding carboxylic acids is 1. The quantitative estimate of drug-likeness (QED) is 0.747. The van der Waals surface area contributed by atoms with E-state index in [9.17, 15) is 4.79 Å². The average Bonchev–Trinajstić information content (AvgIpc) is 2.92. The third-order valence-corrected chi connectivity index (χ3v) is 4.72. The number of benzene rings is 2. The molecule has 0 saturated heterocycles. The van der Waals surface area contributed by atoms with Crippen molar-refractivity contribution in [3.63, 3.8) is 0 Å². The monoisotopic (exact) mass is 338 g/mol. The molecule has 1 amide bonds. The summed E-state index contributed by atoms with van der Waals surface area (Å²) in [6.45, 7) is 0. The van der Waals surface area contributed by atoms with Crippen molar-refractivity contribution in [2.75, 3.05) is 17.7 Å². The normalized spacial score (nSPS) is 15.2. The predicted molar refractivity (Wildman–Crippen MR) is 103 cm³/mol. The second-order valence-corrected chi connectivity index (χ2v) is 6.56. The number of rotatable bonds is 5. The number of anilines is 2. The Morgan fingerprint density at radius 1 is 0.920 bits per heavy atom. The average molecular weight is 338 g/mol. The summed E-state index contributed by atoms with van der Waals surface area (Å²) in [7, 11) is 1.57. The lowest BCUT2D eigenvalue weighted by atomic mass is 10.1. The Labute approximate surface area is 149 Å². The van der Waals surface area contributed by atoms with Gasteiger partial charge in [0.05, 0.1) is 12.7 Å². The highest BCUT2D eigenvalue weighted by atomic mass is 16.5. The van der Waals surface area contributed by atoms with Gasteiger partial charge in [-0.15, -0.1) is 0 Å². The standard InChI is InChI=1S/C21H26N2O2/c1-25-20-11-7-6-10-19(20)21(24)23-18-14-12-17(13-15-18)22-16-8-4-2-3-5-9-16/h6-7,10-16,22H,2-5,8-9H2,1H3,(H,23,24). The van der Waals surface area contributed by atoms with E-state index < -0.39 is 0 Å². The van der Waals surface area contributed by atoms with E-state index in [4.69, 9.17) is 4.74 Å². The minimum atomic E-state index is -0.165. The minimum absolute atomic E-state index is 0.165. The van der Waals surface area contributed by atoms with Gasteiger partial charge in [0.1, 0.15) is 5.75 Å². The van der Waals surface area contributed by atoms with Gasteiger partial charge in [-0.05, 0) is 49.2 Å². The lowest BCUT2D eigenvalue weighted by molar-refractivity contribution is 0.102. The number of ether oxygens (including phenoxy) is 1. The van der Waals surface area contributed by atoms with E-state index in [0.717, 1.165) is 11.4 Å². The largest absolute Gasteiger partial charge is 0.496 e. The second-order valence-electron chi connectivity index (χ2n) is 6.56. The molecule has 2 aromatic rings. The van der Waals surface area contributed by atoms with Crippen LogP contribution in [-0.2, 0) is 0 Å². The fraction of sp³-hybridized carbons (Fsp3) is 0.381. The van der Waals surface area contributed by atoms with E-state index in [1.807, 2.05) is 36.4 Å². The molecule has 4 heteroatoms. The first-order valence-corrected chi connectivity index (χ1v) is 9.07. The molecule has 2 aromatic carbocycles. The molecule has 0 heterocycles. The van der Waals surface area contributed by atoms with Crippen LogP contribution in [0, 0.1) is 0 Å². The van der Waals surface area contributed by atoms with E-state index in [-0.39, 0.29) is 5.91 Å². The zero-order valence-electron chi connectivity index (χ0n) is 14.8. The molecular formula is C21H26N2O2. The van der Waals surface area contributed by atoms with Crippen molar-refractivity contribution in [2.24, 2.45) is 0 Å². The maximum absolute atomic E-state index is 12.4. The summed E-state index contributed by atoms with van der Waals surface area (Å²) in [5.41, 5.74) is 2.43. The van der Waals surface area contributed by atoms with Crippen molar-refractivity contribution >= 4 is 17.3 Å². The number of methoxy groups -OCH3 is 1. The van der Waals surface area contributed by atoms with Gasteiger partial charge in [0.25, 0.3) is 5.91 Å². The molecule has 0 aromatic heterocycles. The van der Waals surface area contributed by atoms with Crippen molar-refractivity contribution in [2.45, 2.75) is 44.6 Å². The molecule has 132 valence electrons. The first-order chi connectivity index (χ1) is 12.3. The Kier molecular flexibility index (Phi) is 5.94.